The lowest BCUT2D eigenvalue weighted by molar-refractivity contribution is 0.116. The van der Waals surface area contributed by atoms with Gasteiger partial charge >= 0.3 is 0 Å². The zero-order chi connectivity index (χ0) is 7.56. The smallest absolute Gasteiger partial charge is 0.0710 e. The molecule has 2 atom stereocenters. The molecule has 0 amide bonds. The molecule has 0 aromatic carbocycles. The van der Waals surface area contributed by atoms with Crippen LogP contribution in [0.5, 0.6) is 0 Å². The Morgan fingerprint density at radius 3 is 2.50 bits per heavy atom. The molecule has 2 heteroatoms. The normalized spacial score (nSPS) is 33.6. The van der Waals surface area contributed by atoms with Crippen molar-refractivity contribution in [1.29, 1.82) is 0 Å². The molecule has 1 saturated heterocycles. The molecule has 1 aliphatic heterocycles. The fraction of sp³-hybridized carbons (Fsp3) is 1.00. The fourth-order valence-electron chi connectivity index (χ4n) is 1.42. The molecule has 0 spiro atoms. The van der Waals surface area contributed by atoms with Crippen LogP contribution >= 0.6 is 0 Å². The van der Waals surface area contributed by atoms with Crippen molar-refractivity contribution in [3.63, 3.8) is 0 Å². The van der Waals surface area contributed by atoms with E-state index in [9.17, 15) is 0 Å². The molecule has 2 unspecified atom stereocenters. The molecule has 1 fully saturated rings. The molecule has 0 aliphatic carbocycles. The molecule has 1 rings (SSSR count). The number of hydrogen-bond acceptors (Lipinski definition) is 2. The molecule has 60 valence electrons. The Hall–Kier alpha value is -0.0800. The molecule has 0 bridgehead atoms. The highest BCUT2D eigenvalue weighted by Crippen LogP contribution is 2.15. The molecule has 0 aromatic heterocycles. The molecular formula is C8H17NO. The molecule has 2 nitrogen and oxygen atoms in total. The van der Waals surface area contributed by atoms with E-state index >= 15 is 0 Å². The summed E-state index contributed by atoms with van der Waals surface area (Å²) in [5.41, 5.74) is 0. The minimum absolute atomic E-state index is 0.451. The monoisotopic (exact) mass is 143 g/mol. The van der Waals surface area contributed by atoms with Crippen LogP contribution in [0.3, 0.4) is 0 Å². The number of methoxy groups -OCH3 is 1. The van der Waals surface area contributed by atoms with Gasteiger partial charge in [0.2, 0.25) is 0 Å². The lowest BCUT2D eigenvalue weighted by atomic mass is 10.0. The van der Waals surface area contributed by atoms with Gasteiger partial charge in [0.1, 0.15) is 0 Å². The summed E-state index contributed by atoms with van der Waals surface area (Å²) in [6, 6.07) is 0.671. The van der Waals surface area contributed by atoms with E-state index in [1.54, 1.807) is 7.11 Å². The predicted octanol–water partition coefficient (Wildman–Crippen LogP) is 1.02. The standard InChI is InChI=1S/C8H17NO/c1-6(2)8-4-7(10-3)5-9-8/h6-9H,4-5H2,1-3H3. The molecular weight excluding hydrogens is 126 g/mol. The van der Waals surface area contributed by atoms with Crippen LogP contribution in [-0.4, -0.2) is 25.8 Å². The van der Waals surface area contributed by atoms with Crippen molar-refractivity contribution < 1.29 is 4.74 Å². The summed E-state index contributed by atoms with van der Waals surface area (Å²) in [5, 5.41) is 3.43. The second kappa shape index (κ2) is 3.35. The van der Waals surface area contributed by atoms with Gasteiger partial charge in [0.15, 0.2) is 0 Å². The van der Waals surface area contributed by atoms with Crippen LogP contribution in [0, 0.1) is 5.92 Å². The van der Waals surface area contributed by atoms with Crippen LogP contribution in [0.25, 0.3) is 0 Å². The Morgan fingerprint density at radius 1 is 1.50 bits per heavy atom. The van der Waals surface area contributed by atoms with Crippen molar-refractivity contribution in [2.24, 2.45) is 5.92 Å². The minimum Gasteiger partial charge on any atom is -0.380 e. The lowest BCUT2D eigenvalue weighted by Gasteiger charge is -2.13. The summed E-state index contributed by atoms with van der Waals surface area (Å²) in [4.78, 5) is 0. The summed E-state index contributed by atoms with van der Waals surface area (Å²) >= 11 is 0. The maximum Gasteiger partial charge on any atom is 0.0710 e. The maximum absolute atomic E-state index is 5.23. The van der Waals surface area contributed by atoms with Gasteiger partial charge < -0.3 is 10.1 Å². The molecule has 0 radical (unpaired) electrons. The van der Waals surface area contributed by atoms with Gasteiger partial charge in [-0.2, -0.15) is 0 Å². The molecule has 0 saturated carbocycles. The van der Waals surface area contributed by atoms with Crippen LogP contribution in [0.2, 0.25) is 0 Å². The Morgan fingerprint density at radius 2 is 2.20 bits per heavy atom. The third-order valence-corrected chi connectivity index (χ3v) is 2.26. The zero-order valence-electron chi connectivity index (χ0n) is 7.05. The topological polar surface area (TPSA) is 21.3 Å². The predicted molar refractivity (Wildman–Crippen MR) is 42.0 cm³/mol. The van der Waals surface area contributed by atoms with Gasteiger partial charge in [-0.25, -0.2) is 0 Å². The van der Waals surface area contributed by atoms with Gasteiger partial charge in [0, 0.05) is 19.7 Å². The van der Waals surface area contributed by atoms with E-state index in [4.69, 9.17) is 4.74 Å². The first-order valence-electron chi connectivity index (χ1n) is 4.00. The van der Waals surface area contributed by atoms with E-state index in [2.05, 4.69) is 19.2 Å². The van der Waals surface area contributed by atoms with E-state index in [1.165, 1.54) is 6.42 Å². The molecule has 1 heterocycles. The van der Waals surface area contributed by atoms with Crippen molar-refractivity contribution in [1.82, 2.24) is 5.32 Å². The van der Waals surface area contributed by atoms with Crippen molar-refractivity contribution in [2.75, 3.05) is 13.7 Å². The largest absolute Gasteiger partial charge is 0.380 e. The highest BCUT2D eigenvalue weighted by molar-refractivity contribution is 4.83. The summed E-state index contributed by atoms with van der Waals surface area (Å²) in [6.45, 7) is 5.52. The Balaban J connectivity index is 2.28. The Kier molecular flexibility index (Phi) is 2.69. The van der Waals surface area contributed by atoms with Gasteiger partial charge in [-0.1, -0.05) is 13.8 Å². The number of ether oxygens (including phenoxy) is 1. The van der Waals surface area contributed by atoms with Gasteiger partial charge in [0.05, 0.1) is 6.10 Å². The summed E-state index contributed by atoms with van der Waals surface area (Å²) in [5.74, 6) is 0.736. The molecule has 1 N–H and O–H groups in total. The summed E-state index contributed by atoms with van der Waals surface area (Å²) in [7, 11) is 1.79. The van der Waals surface area contributed by atoms with E-state index in [0.29, 0.717) is 12.1 Å². The molecule has 10 heavy (non-hydrogen) atoms. The molecule has 0 aromatic rings. The van der Waals surface area contributed by atoms with E-state index in [1.807, 2.05) is 0 Å². The van der Waals surface area contributed by atoms with Crippen molar-refractivity contribution in [2.45, 2.75) is 32.4 Å². The van der Waals surface area contributed by atoms with Crippen LogP contribution < -0.4 is 5.32 Å². The summed E-state index contributed by atoms with van der Waals surface area (Å²) < 4.78 is 5.23. The Bertz CT molecular complexity index is 103. The summed E-state index contributed by atoms with van der Waals surface area (Å²) in [6.07, 6.45) is 1.63. The van der Waals surface area contributed by atoms with E-state index in [0.717, 1.165) is 12.5 Å². The Labute approximate surface area is 63.0 Å². The number of hydrogen-bond donors (Lipinski definition) is 1. The van der Waals surface area contributed by atoms with Crippen LogP contribution in [0.4, 0.5) is 0 Å². The maximum atomic E-state index is 5.23. The lowest BCUT2D eigenvalue weighted by Crippen LogP contribution is -2.26. The fourth-order valence-corrected chi connectivity index (χ4v) is 1.42. The van der Waals surface area contributed by atoms with Crippen LogP contribution in [0.1, 0.15) is 20.3 Å². The SMILES string of the molecule is COC1CNC(C(C)C)C1. The highest BCUT2D eigenvalue weighted by Gasteiger charge is 2.25. The average molecular weight is 143 g/mol. The number of rotatable bonds is 2. The van der Waals surface area contributed by atoms with Gasteiger partial charge in [0.25, 0.3) is 0 Å². The quantitative estimate of drug-likeness (QED) is 0.623. The van der Waals surface area contributed by atoms with Crippen molar-refractivity contribution >= 4 is 0 Å². The second-order valence-electron chi connectivity index (χ2n) is 3.35. The van der Waals surface area contributed by atoms with Gasteiger partial charge in [-0.3, -0.25) is 0 Å². The van der Waals surface area contributed by atoms with Crippen LogP contribution in [0.15, 0.2) is 0 Å². The van der Waals surface area contributed by atoms with Crippen molar-refractivity contribution in [3.8, 4) is 0 Å². The second-order valence-corrected chi connectivity index (χ2v) is 3.35. The first kappa shape index (κ1) is 8.02. The first-order chi connectivity index (χ1) is 4.74. The highest BCUT2D eigenvalue weighted by atomic mass is 16.5. The molecule has 1 aliphatic rings. The number of nitrogens with one attached hydrogen (secondary N) is 1. The van der Waals surface area contributed by atoms with E-state index in [-0.39, 0.29) is 0 Å². The minimum atomic E-state index is 0.451. The van der Waals surface area contributed by atoms with Crippen LogP contribution in [-0.2, 0) is 4.74 Å². The average Bonchev–Trinajstić information content (AvgIpc) is 2.34. The van der Waals surface area contributed by atoms with E-state index < -0.39 is 0 Å². The first-order valence-corrected chi connectivity index (χ1v) is 4.00. The van der Waals surface area contributed by atoms with Crippen molar-refractivity contribution in [3.05, 3.63) is 0 Å². The van der Waals surface area contributed by atoms with Gasteiger partial charge in [-0.15, -0.1) is 0 Å². The van der Waals surface area contributed by atoms with Gasteiger partial charge in [-0.05, 0) is 12.3 Å². The third kappa shape index (κ3) is 1.70. The third-order valence-electron chi connectivity index (χ3n) is 2.26. The zero-order valence-corrected chi connectivity index (χ0v) is 7.05.